The molecule has 0 atom stereocenters. The molecule has 1 aromatic rings. The van der Waals surface area contributed by atoms with Crippen LogP contribution in [0.1, 0.15) is 55.6 Å². The van der Waals surface area contributed by atoms with Crippen molar-refractivity contribution >= 4 is 11.7 Å². The van der Waals surface area contributed by atoms with E-state index in [2.05, 4.69) is 22.7 Å². The third kappa shape index (κ3) is 3.44. The highest BCUT2D eigenvalue weighted by Crippen LogP contribution is 2.44. The number of hydrogen-bond donors (Lipinski definition) is 3. The van der Waals surface area contributed by atoms with Gasteiger partial charge in [-0.15, -0.1) is 0 Å². The topological polar surface area (TPSA) is 80.0 Å². The third-order valence-electron chi connectivity index (χ3n) is 3.63. The normalized spacial score (nSPS) is 16.3. The number of anilines is 1. The first-order valence-electron chi connectivity index (χ1n) is 6.70. The molecule has 1 aliphatic carbocycles. The van der Waals surface area contributed by atoms with Crippen molar-refractivity contribution in [1.82, 2.24) is 10.3 Å². The molecule has 0 radical (unpaired) electrons. The van der Waals surface area contributed by atoms with E-state index in [0.29, 0.717) is 16.8 Å². The number of rotatable bonds is 5. The van der Waals surface area contributed by atoms with Crippen LogP contribution in [0.5, 0.6) is 0 Å². The summed E-state index contributed by atoms with van der Waals surface area (Å²) < 4.78 is 0. The van der Waals surface area contributed by atoms with Crippen LogP contribution in [-0.2, 0) is 0 Å². The van der Waals surface area contributed by atoms with E-state index in [-0.39, 0.29) is 11.8 Å². The highest BCUT2D eigenvalue weighted by molar-refractivity contribution is 5.95. The van der Waals surface area contributed by atoms with Crippen molar-refractivity contribution in [3.8, 4) is 0 Å². The van der Waals surface area contributed by atoms with Crippen molar-refractivity contribution in [2.75, 3.05) is 12.0 Å². The van der Waals surface area contributed by atoms with Crippen molar-refractivity contribution in [1.29, 1.82) is 0 Å². The largest absolute Gasteiger partial charge is 0.351 e. The summed E-state index contributed by atoms with van der Waals surface area (Å²) in [4.78, 5) is 16.5. The van der Waals surface area contributed by atoms with Gasteiger partial charge in [-0.1, -0.05) is 20.8 Å². The van der Waals surface area contributed by atoms with Gasteiger partial charge in [-0.2, -0.15) is 0 Å². The van der Waals surface area contributed by atoms with Gasteiger partial charge in [0.2, 0.25) is 0 Å². The van der Waals surface area contributed by atoms with Gasteiger partial charge in [0.1, 0.15) is 5.82 Å². The van der Waals surface area contributed by atoms with Gasteiger partial charge in [0.15, 0.2) is 0 Å². The van der Waals surface area contributed by atoms with Crippen molar-refractivity contribution in [2.45, 2.75) is 39.5 Å². The Balaban J connectivity index is 2.13. The molecular formula is C14H22N4O. The molecule has 0 spiro atoms. The van der Waals surface area contributed by atoms with Gasteiger partial charge in [0, 0.05) is 17.8 Å². The molecule has 0 aromatic carbocycles. The maximum Gasteiger partial charge on any atom is 0.251 e. The highest BCUT2D eigenvalue weighted by Gasteiger charge is 2.37. The number of hydrogen-bond acceptors (Lipinski definition) is 4. The number of carbonyl (C=O) groups is 1. The number of aromatic nitrogens is 1. The Hall–Kier alpha value is -1.62. The number of nitrogens with one attached hydrogen (secondary N) is 2. The van der Waals surface area contributed by atoms with Gasteiger partial charge in [-0.3, -0.25) is 4.79 Å². The van der Waals surface area contributed by atoms with Crippen LogP contribution in [0.4, 0.5) is 5.82 Å². The minimum absolute atomic E-state index is 0.0612. The Bertz CT molecular complexity index is 480. The second kappa shape index (κ2) is 5.17. The van der Waals surface area contributed by atoms with Gasteiger partial charge < -0.3 is 10.7 Å². The van der Waals surface area contributed by atoms with Crippen molar-refractivity contribution in [2.24, 2.45) is 11.3 Å². The smallest absolute Gasteiger partial charge is 0.251 e. The molecular weight excluding hydrogens is 240 g/mol. The van der Waals surface area contributed by atoms with Crippen LogP contribution < -0.4 is 16.6 Å². The van der Waals surface area contributed by atoms with Crippen LogP contribution in [0.3, 0.4) is 0 Å². The Morgan fingerprint density at radius 3 is 2.68 bits per heavy atom. The van der Waals surface area contributed by atoms with Crippen LogP contribution in [0.2, 0.25) is 0 Å². The zero-order valence-corrected chi connectivity index (χ0v) is 11.8. The molecule has 4 N–H and O–H groups in total. The molecule has 0 aliphatic heterocycles. The van der Waals surface area contributed by atoms with Gasteiger partial charge in [0.05, 0.1) is 0 Å². The third-order valence-corrected chi connectivity index (χ3v) is 3.63. The number of nitrogens with two attached hydrogens (primary N) is 1. The first-order valence-corrected chi connectivity index (χ1v) is 6.70. The molecule has 5 nitrogen and oxygen atoms in total. The maximum atomic E-state index is 12.2. The minimum Gasteiger partial charge on any atom is -0.351 e. The summed E-state index contributed by atoms with van der Waals surface area (Å²) in [6.07, 6.45) is 2.38. The van der Waals surface area contributed by atoms with E-state index >= 15 is 0 Å². The monoisotopic (exact) mass is 262 g/mol. The number of amides is 1. The fourth-order valence-corrected chi connectivity index (χ4v) is 1.84. The molecule has 19 heavy (non-hydrogen) atoms. The van der Waals surface area contributed by atoms with Crippen LogP contribution >= 0.6 is 0 Å². The average molecular weight is 262 g/mol. The quantitative estimate of drug-likeness (QED) is 0.560. The summed E-state index contributed by atoms with van der Waals surface area (Å²) in [5.41, 5.74) is 4.28. The highest BCUT2D eigenvalue weighted by atomic mass is 16.1. The van der Waals surface area contributed by atoms with E-state index in [1.807, 2.05) is 19.9 Å². The number of nitrogen functional groups attached to an aromatic ring is 1. The molecule has 2 rings (SSSR count). The molecule has 104 valence electrons. The van der Waals surface area contributed by atoms with Crippen LogP contribution in [0, 0.1) is 5.41 Å². The molecule has 1 heterocycles. The van der Waals surface area contributed by atoms with E-state index < -0.39 is 0 Å². The zero-order chi connectivity index (χ0) is 14.0. The number of hydrazine groups is 1. The van der Waals surface area contributed by atoms with E-state index in [1.54, 1.807) is 6.07 Å². The fourth-order valence-electron chi connectivity index (χ4n) is 1.84. The first kappa shape index (κ1) is 13.8. The summed E-state index contributed by atoms with van der Waals surface area (Å²) in [6, 6.07) is 3.51. The predicted molar refractivity (Wildman–Crippen MR) is 75.8 cm³/mol. The van der Waals surface area contributed by atoms with E-state index in [1.165, 1.54) is 12.8 Å². The Morgan fingerprint density at radius 2 is 2.16 bits per heavy atom. The van der Waals surface area contributed by atoms with Crippen molar-refractivity contribution in [3.05, 3.63) is 23.4 Å². The second-order valence-corrected chi connectivity index (χ2v) is 5.96. The van der Waals surface area contributed by atoms with Crippen molar-refractivity contribution < 1.29 is 4.79 Å². The lowest BCUT2D eigenvalue weighted by atomic mass is 10.1. The molecule has 1 aromatic heterocycles. The Labute approximate surface area is 114 Å². The molecule has 1 fully saturated rings. The average Bonchev–Trinajstić information content (AvgIpc) is 3.13. The molecule has 0 saturated heterocycles. The first-order chi connectivity index (χ1) is 8.93. The number of nitrogens with zero attached hydrogens (tertiary/aromatic N) is 1. The lowest BCUT2D eigenvalue weighted by molar-refractivity contribution is 0.0946. The summed E-state index contributed by atoms with van der Waals surface area (Å²) in [7, 11) is 0. The molecule has 1 amide bonds. The van der Waals surface area contributed by atoms with Gasteiger partial charge >= 0.3 is 0 Å². The molecule has 1 aliphatic rings. The van der Waals surface area contributed by atoms with Gasteiger partial charge in [-0.25, -0.2) is 10.8 Å². The predicted octanol–water partition coefficient (Wildman–Crippen LogP) is 2.02. The molecule has 5 heteroatoms. The summed E-state index contributed by atoms with van der Waals surface area (Å²) in [5, 5.41) is 2.98. The zero-order valence-electron chi connectivity index (χ0n) is 11.8. The molecule has 1 saturated carbocycles. The molecule has 0 bridgehead atoms. The maximum absolute atomic E-state index is 12.2. The van der Waals surface area contributed by atoms with E-state index in [9.17, 15) is 4.79 Å². The summed E-state index contributed by atoms with van der Waals surface area (Å²) in [5.74, 6) is 6.11. The number of pyridine rings is 1. The minimum atomic E-state index is -0.0612. The Kier molecular flexibility index (Phi) is 3.75. The second-order valence-electron chi connectivity index (χ2n) is 5.96. The van der Waals surface area contributed by atoms with Crippen LogP contribution in [0.25, 0.3) is 0 Å². The standard InChI is InChI=1S/C14H22N4O/c1-9(2)11-6-10(7-12(17-11)18-15)13(19)16-8-14(3)4-5-14/h6-7,9H,4-5,8,15H2,1-3H3,(H,16,19)(H,17,18). The van der Waals surface area contributed by atoms with E-state index in [4.69, 9.17) is 5.84 Å². The SMILES string of the molecule is CC(C)c1cc(C(=O)NCC2(C)CC2)cc(NN)n1. The fraction of sp³-hybridized carbons (Fsp3) is 0.571. The lowest BCUT2D eigenvalue weighted by Gasteiger charge is -2.13. The van der Waals surface area contributed by atoms with Crippen LogP contribution in [0.15, 0.2) is 12.1 Å². The van der Waals surface area contributed by atoms with Crippen molar-refractivity contribution in [3.63, 3.8) is 0 Å². The van der Waals surface area contributed by atoms with E-state index in [0.717, 1.165) is 12.2 Å². The summed E-state index contributed by atoms with van der Waals surface area (Å²) >= 11 is 0. The van der Waals surface area contributed by atoms with Crippen LogP contribution in [-0.4, -0.2) is 17.4 Å². The lowest BCUT2D eigenvalue weighted by Crippen LogP contribution is -2.29. The Morgan fingerprint density at radius 1 is 1.47 bits per heavy atom. The molecule has 0 unspecified atom stereocenters. The van der Waals surface area contributed by atoms with Gasteiger partial charge in [-0.05, 0) is 36.3 Å². The van der Waals surface area contributed by atoms with Gasteiger partial charge in [0.25, 0.3) is 5.91 Å². The summed E-state index contributed by atoms with van der Waals surface area (Å²) in [6.45, 7) is 6.99. The number of carbonyl (C=O) groups excluding carboxylic acids is 1.